The molecule has 2 heterocycles. The summed E-state index contributed by atoms with van der Waals surface area (Å²) in [4.78, 5) is 4.54. The quantitative estimate of drug-likeness (QED) is 0.329. The molecular formula is C25H25ClF2N2O3. The van der Waals surface area contributed by atoms with Crippen molar-refractivity contribution in [3.8, 4) is 17.2 Å². The zero-order valence-electron chi connectivity index (χ0n) is 18.8. The number of nitrogens with zero attached hydrogens (tertiary/aromatic N) is 2. The van der Waals surface area contributed by atoms with Gasteiger partial charge in [-0.15, -0.1) is 12.4 Å². The summed E-state index contributed by atoms with van der Waals surface area (Å²) in [5, 5.41) is 0. The standard InChI is InChI=1S/C25H24F2N2O3.ClH/c1-15-16(2)29(13-17-5-6-21(30-3)23(11-17)31-4)25-22(7-8-28-24(15)25)32-14-18-9-19(26)12-20(27)10-18;/h5-12H,13-14H2,1-4H3;1H. The molecule has 0 saturated carbocycles. The van der Waals surface area contributed by atoms with Crippen molar-refractivity contribution in [3.63, 3.8) is 0 Å². The summed E-state index contributed by atoms with van der Waals surface area (Å²) < 4.78 is 46.0. The van der Waals surface area contributed by atoms with Crippen LogP contribution >= 0.6 is 12.4 Å². The van der Waals surface area contributed by atoms with Crippen LogP contribution in [0, 0.1) is 25.5 Å². The SMILES string of the molecule is COc1ccc(Cn2c(C)c(C)c3nccc(OCc4cc(F)cc(F)c4)c32)cc1OC.Cl. The van der Waals surface area contributed by atoms with Gasteiger partial charge in [-0.3, -0.25) is 4.98 Å². The predicted octanol–water partition coefficient (Wildman–Crippen LogP) is 6.00. The van der Waals surface area contributed by atoms with Gasteiger partial charge in [0, 0.05) is 30.6 Å². The minimum Gasteiger partial charge on any atom is -0.493 e. The van der Waals surface area contributed by atoms with Crippen molar-refractivity contribution in [2.75, 3.05) is 14.2 Å². The number of rotatable bonds is 7. The Morgan fingerprint density at radius 2 is 1.55 bits per heavy atom. The van der Waals surface area contributed by atoms with Gasteiger partial charge in [0.15, 0.2) is 11.5 Å². The molecule has 0 unspecified atom stereocenters. The fourth-order valence-corrected chi connectivity index (χ4v) is 3.84. The van der Waals surface area contributed by atoms with Crippen molar-refractivity contribution >= 4 is 23.4 Å². The Morgan fingerprint density at radius 3 is 2.21 bits per heavy atom. The monoisotopic (exact) mass is 474 g/mol. The van der Waals surface area contributed by atoms with Gasteiger partial charge in [-0.2, -0.15) is 0 Å². The lowest BCUT2D eigenvalue weighted by atomic mass is 10.2. The van der Waals surface area contributed by atoms with E-state index in [0.29, 0.717) is 29.4 Å². The molecule has 2 aromatic heterocycles. The topological polar surface area (TPSA) is 45.5 Å². The molecule has 0 aliphatic heterocycles. The van der Waals surface area contributed by atoms with Gasteiger partial charge in [0.25, 0.3) is 0 Å². The second-order valence-corrected chi connectivity index (χ2v) is 7.56. The van der Waals surface area contributed by atoms with E-state index < -0.39 is 11.6 Å². The molecule has 8 heteroatoms. The van der Waals surface area contributed by atoms with E-state index in [4.69, 9.17) is 14.2 Å². The van der Waals surface area contributed by atoms with E-state index >= 15 is 0 Å². The highest BCUT2D eigenvalue weighted by atomic mass is 35.5. The summed E-state index contributed by atoms with van der Waals surface area (Å²) in [6, 6.07) is 10.9. The molecule has 0 fully saturated rings. The van der Waals surface area contributed by atoms with Gasteiger partial charge < -0.3 is 18.8 Å². The Labute approximate surface area is 197 Å². The summed E-state index contributed by atoms with van der Waals surface area (Å²) in [5.74, 6) is 0.642. The van der Waals surface area contributed by atoms with Gasteiger partial charge in [-0.1, -0.05) is 6.07 Å². The van der Waals surface area contributed by atoms with Crippen LogP contribution in [0.2, 0.25) is 0 Å². The highest BCUT2D eigenvalue weighted by molar-refractivity contribution is 5.86. The van der Waals surface area contributed by atoms with E-state index in [1.807, 2.05) is 32.0 Å². The van der Waals surface area contributed by atoms with Crippen molar-refractivity contribution in [1.29, 1.82) is 0 Å². The van der Waals surface area contributed by atoms with Crippen LogP contribution in [0.4, 0.5) is 8.78 Å². The first-order valence-corrected chi connectivity index (χ1v) is 10.1. The first-order valence-electron chi connectivity index (χ1n) is 10.1. The predicted molar refractivity (Wildman–Crippen MR) is 126 cm³/mol. The number of ether oxygens (including phenoxy) is 3. The third kappa shape index (κ3) is 4.88. The zero-order chi connectivity index (χ0) is 22.8. The molecule has 0 saturated heterocycles. The first-order chi connectivity index (χ1) is 15.4. The number of methoxy groups -OCH3 is 2. The Kier molecular flexibility index (Phi) is 7.43. The number of fused-ring (bicyclic) bond motifs is 1. The number of aryl methyl sites for hydroxylation is 1. The Balaban J connectivity index is 0.00000306. The molecule has 5 nitrogen and oxygen atoms in total. The van der Waals surface area contributed by atoms with E-state index in [0.717, 1.165) is 33.9 Å². The van der Waals surface area contributed by atoms with Gasteiger partial charge in [-0.25, -0.2) is 8.78 Å². The first kappa shape index (κ1) is 24.3. The maximum absolute atomic E-state index is 13.6. The van der Waals surface area contributed by atoms with Gasteiger partial charge in [0.2, 0.25) is 0 Å². The lowest BCUT2D eigenvalue weighted by Crippen LogP contribution is -2.05. The lowest BCUT2D eigenvalue weighted by Gasteiger charge is -2.14. The molecule has 4 aromatic rings. The van der Waals surface area contributed by atoms with Gasteiger partial charge >= 0.3 is 0 Å². The summed E-state index contributed by atoms with van der Waals surface area (Å²) in [5.41, 5.74) is 5.18. The maximum Gasteiger partial charge on any atom is 0.161 e. The molecule has 0 N–H and O–H groups in total. The van der Waals surface area contributed by atoms with Gasteiger partial charge in [0.05, 0.1) is 19.7 Å². The van der Waals surface area contributed by atoms with Crippen LogP contribution < -0.4 is 14.2 Å². The van der Waals surface area contributed by atoms with Crippen LogP contribution in [0.1, 0.15) is 22.4 Å². The van der Waals surface area contributed by atoms with Gasteiger partial charge in [-0.05, 0) is 54.8 Å². The van der Waals surface area contributed by atoms with Crippen LogP contribution in [0.3, 0.4) is 0 Å². The van der Waals surface area contributed by atoms with Crippen LogP contribution in [-0.2, 0) is 13.2 Å². The molecule has 0 bridgehead atoms. The number of pyridine rings is 1. The number of aromatic nitrogens is 2. The molecule has 0 aliphatic rings. The molecule has 0 aliphatic carbocycles. The van der Waals surface area contributed by atoms with Crippen LogP contribution in [0.25, 0.3) is 11.0 Å². The molecule has 33 heavy (non-hydrogen) atoms. The molecule has 0 amide bonds. The van der Waals surface area contributed by atoms with Crippen LogP contribution in [-0.4, -0.2) is 23.8 Å². The van der Waals surface area contributed by atoms with E-state index in [1.165, 1.54) is 12.1 Å². The van der Waals surface area contributed by atoms with E-state index in [9.17, 15) is 8.78 Å². The number of hydrogen-bond acceptors (Lipinski definition) is 4. The average molecular weight is 475 g/mol. The number of hydrogen-bond donors (Lipinski definition) is 0. The second kappa shape index (κ2) is 10.1. The highest BCUT2D eigenvalue weighted by Crippen LogP contribution is 2.33. The molecule has 2 aromatic carbocycles. The maximum atomic E-state index is 13.6. The zero-order valence-corrected chi connectivity index (χ0v) is 19.6. The van der Waals surface area contributed by atoms with E-state index in [-0.39, 0.29) is 19.0 Å². The number of benzene rings is 2. The van der Waals surface area contributed by atoms with Crippen LogP contribution in [0.15, 0.2) is 48.7 Å². The van der Waals surface area contributed by atoms with E-state index in [1.54, 1.807) is 26.5 Å². The highest BCUT2D eigenvalue weighted by Gasteiger charge is 2.18. The Bertz CT molecular complexity index is 1270. The third-order valence-corrected chi connectivity index (χ3v) is 5.57. The summed E-state index contributed by atoms with van der Waals surface area (Å²) >= 11 is 0. The lowest BCUT2D eigenvalue weighted by molar-refractivity contribution is 0.307. The molecule has 0 radical (unpaired) electrons. The number of halogens is 3. The fourth-order valence-electron chi connectivity index (χ4n) is 3.84. The largest absolute Gasteiger partial charge is 0.493 e. The van der Waals surface area contributed by atoms with E-state index in [2.05, 4.69) is 9.55 Å². The van der Waals surface area contributed by atoms with Crippen molar-refractivity contribution in [3.05, 3.63) is 82.7 Å². The van der Waals surface area contributed by atoms with Crippen molar-refractivity contribution < 1.29 is 23.0 Å². The van der Waals surface area contributed by atoms with Crippen LogP contribution in [0.5, 0.6) is 17.2 Å². The van der Waals surface area contributed by atoms with Crippen molar-refractivity contribution in [2.24, 2.45) is 0 Å². The second-order valence-electron chi connectivity index (χ2n) is 7.56. The van der Waals surface area contributed by atoms with Crippen molar-refractivity contribution in [2.45, 2.75) is 27.0 Å². The Hall–Kier alpha value is -3.32. The summed E-state index contributed by atoms with van der Waals surface area (Å²) in [6.45, 7) is 4.64. The average Bonchev–Trinajstić information content (AvgIpc) is 3.02. The molecule has 0 spiro atoms. The van der Waals surface area contributed by atoms with Crippen molar-refractivity contribution in [1.82, 2.24) is 9.55 Å². The fraction of sp³-hybridized carbons (Fsp3) is 0.240. The normalized spacial score (nSPS) is 10.7. The summed E-state index contributed by atoms with van der Waals surface area (Å²) in [7, 11) is 3.21. The third-order valence-electron chi connectivity index (χ3n) is 5.57. The summed E-state index contributed by atoms with van der Waals surface area (Å²) in [6.07, 6.45) is 1.68. The minimum atomic E-state index is -0.632. The molecule has 0 atom stereocenters. The molecule has 4 rings (SSSR count). The smallest absolute Gasteiger partial charge is 0.161 e. The molecule has 174 valence electrons. The molecular weight excluding hydrogens is 450 g/mol. The Morgan fingerprint density at radius 1 is 0.848 bits per heavy atom. The van der Waals surface area contributed by atoms with Gasteiger partial charge in [0.1, 0.15) is 29.5 Å². The minimum absolute atomic E-state index is 0.